The molecule has 1 spiro atoms. The van der Waals surface area contributed by atoms with Crippen LogP contribution in [0.3, 0.4) is 0 Å². The summed E-state index contributed by atoms with van der Waals surface area (Å²) in [5, 5.41) is 0.206. The molecule has 0 saturated carbocycles. The van der Waals surface area contributed by atoms with Gasteiger partial charge >= 0.3 is 0 Å². The highest BCUT2D eigenvalue weighted by Crippen LogP contribution is 2.42. The summed E-state index contributed by atoms with van der Waals surface area (Å²) in [5.41, 5.74) is 0. The number of rotatable bonds is 2. The second kappa shape index (κ2) is 4.74. The van der Waals surface area contributed by atoms with Crippen LogP contribution in [0, 0.1) is 0 Å². The Kier molecular flexibility index (Phi) is 3.76. The minimum Gasteiger partial charge on any atom is -0.405 e. The van der Waals surface area contributed by atoms with Gasteiger partial charge in [0, 0.05) is 6.42 Å². The van der Waals surface area contributed by atoms with Crippen molar-refractivity contribution >= 4 is 8.32 Å². The van der Waals surface area contributed by atoms with Crippen molar-refractivity contribution in [3.8, 4) is 0 Å². The van der Waals surface area contributed by atoms with Crippen LogP contribution in [0.5, 0.6) is 0 Å². The Morgan fingerprint density at radius 2 is 2.00 bits per heavy atom. The van der Waals surface area contributed by atoms with Gasteiger partial charge < -0.3 is 13.9 Å². The van der Waals surface area contributed by atoms with E-state index in [4.69, 9.17) is 13.9 Å². The maximum atomic E-state index is 6.48. The molecule has 0 amide bonds. The molecule has 18 heavy (non-hydrogen) atoms. The van der Waals surface area contributed by atoms with Crippen LogP contribution in [0.4, 0.5) is 0 Å². The summed E-state index contributed by atoms with van der Waals surface area (Å²) in [5.74, 6) is -0.510. The van der Waals surface area contributed by atoms with Crippen LogP contribution in [0.15, 0.2) is 12.2 Å². The fraction of sp³-hybridized carbons (Fsp3) is 0.857. The van der Waals surface area contributed by atoms with E-state index in [0.29, 0.717) is 6.61 Å². The SMILES string of the molecule is CC(C)(C)[Si](C)(C)OC1C=CCO[C@@]12CCCO2. The molecule has 4 heteroatoms. The zero-order valence-electron chi connectivity index (χ0n) is 12.3. The zero-order valence-corrected chi connectivity index (χ0v) is 13.3. The van der Waals surface area contributed by atoms with Crippen LogP contribution in [0.1, 0.15) is 33.6 Å². The second-order valence-corrected chi connectivity index (χ2v) is 11.6. The number of hydrogen-bond acceptors (Lipinski definition) is 3. The van der Waals surface area contributed by atoms with Crippen molar-refractivity contribution in [1.29, 1.82) is 0 Å². The van der Waals surface area contributed by atoms with Gasteiger partial charge in [0.2, 0.25) is 0 Å². The van der Waals surface area contributed by atoms with E-state index < -0.39 is 14.1 Å². The maximum Gasteiger partial charge on any atom is 0.197 e. The van der Waals surface area contributed by atoms with E-state index in [1.165, 1.54) is 0 Å². The van der Waals surface area contributed by atoms with E-state index in [9.17, 15) is 0 Å². The molecule has 2 aliphatic rings. The average Bonchev–Trinajstić information content (AvgIpc) is 2.69. The Hall–Kier alpha value is -0.163. The first-order valence-electron chi connectivity index (χ1n) is 6.89. The number of hydrogen-bond donors (Lipinski definition) is 0. The Morgan fingerprint density at radius 1 is 1.28 bits per heavy atom. The van der Waals surface area contributed by atoms with E-state index in [1.807, 2.05) is 6.08 Å². The van der Waals surface area contributed by atoms with Gasteiger partial charge in [-0.3, -0.25) is 0 Å². The van der Waals surface area contributed by atoms with Crippen molar-refractivity contribution < 1.29 is 13.9 Å². The standard InChI is InChI=1S/C14H26O3Si/c1-13(2,3)18(4,5)17-12-8-6-10-15-14(12)9-7-11-16-14/h6,8,12H,7,9-11H2,1-5H3/t12?,14-/m1/s1. The first-order valence-corrected chi connectivity index (χ1v) is 9.80. The van der Waals surface area contributed by atoms with Gasteiger partial charge in [0.05, 0.1) is 13.2 Å². The summed E-state index contributed by atoms with van der Waals surface area (Å²) in [6.45, 7) is 12.7. The van der Waals surface area contributed by atoms with E-state index in [2.05, 4.69) is 39.9 Å². The van der Waals surface area contributed by atoms with Crippen molar-refractivity contribution in [2.45, 2.75) is 63.6 Å². The molecule has 0 aromatic carbocycles. The maximum absolute atomic E-state index is 6.48. The first kappa shape index (κ1) is 14.3. The molecule has 1 fully saturated rings. The third-order valence-corrected chi connectivity index (χ3v) is 8.87. The van der Waals surface area contributed by atoms with Gasteiger partial charge in [-0.2, -0.15) is 0 Å². The Balaban J connectivity index is 2.16. The van der Waals surface area contributed by atoms with Gasteiger partial charge in [-0.1, -0.05) is 32.9 Å². The Morgan fingerprint density at radius 3 is 2.56 bits per heavy atom. The largest absolute Gasteiger partial charge is 0.405 e. The van der Waals surface area contributed by atoms with E-state index in [0.717, 1.165) is 19.4 Å². The highest BCUT2D eigenvalue weighted by molar-refractivity contribution is 6.74. The van der Waals surface area contributed by atoms with Gasteiger partial charge in [0.1, 0.15) is 6.10 Å². The summed E-state index contributed by atoms with van der Waals surface area (Å²) in [4.78, 5) is 0. The van der Waals surface area contributed by atoms with E-state index in [1.54, 1.807) is 0 Å². The van der Waals surface area contributed by atoms with Crippen LogP contribution < -0.4 is 0 Å². The lowest BCUT2D eigenvalue weighted by atomic mass is 10.0. The fourth-order valence-corrected chi connectivity index (χ4v) is 3.44. The minimum absolute atomic E-state index is 0.0466. The monoisotopic (exact) mass is 270 g/mol. The van der Waals surface area contributed by atoms with Gasteiger partial charge in [-0.15, -0.1) is 0 Å². The topological polar surface area (TPSA) is 27.7 Å². The summed E-state index contributed by atoms with van der Waals surface area (Å²) in [6.07, 6.45) is 6.14. The normalized spacial score (nSPS) is 33.3. The molecule has 0 aromatic heterocycles. The minimum atomic E-state index is -1.80. The molecule has 3 nitrogen and oxygen atoms in total. The molecule has 0 bridgehead atoms. The third-order valence-electron chi connectivity index (χ3n) is 4.41. The molecular weight excluding hydrogens is 244 g/mol. The summed E-state index contributed by atoms with van der Waals surface area (Å²) in [6, 6.07) is 0. The smallest absolute Gasteiger partial charge is 0.197 e. The highest BCUT2D eigenvalue weighted by atomic mass is 28.4. The molecule has 0 aromatic rings. The van der Waals surface area contributed by atoms with Crippen LogP contribution in [-0.2, 0) is 13.9 Å². The van der Waals surface area contributed by atoms with Crippen LogP contribution in [0.25, 0.3) is 0 Å². The van der Waals surface area contributed by atoms with Gasteiger partial charge in [0.25, 0.3) is 0 Å². The summed E-state index contributed by atoms with van der Waals surface area (Å²) >= 11 is 0. The van der Waals surface area contributed by atoms with Crippen molar-refractivity contribution in [1.82, 2.24) is 0 Å². The van der Waals surface area contributed by atoms with Gasteiger partial charge in [0.15, 0.2) is 14.1 Å². The molecular formula is C14H26O3Si. The third kappa shape index (κ3) is 2.57. The zero-order chi connectivity index (χ0) is 13.4. The molecule has 2 atom stereocenters. The lowest BCUT2D eigenvalue weighted by Gasteiger charge is -2.44. The molecule has 1 unspecified atom stereocenters. The highest BCUT2D eigenvalue weighted by Gasteiger charge is 2.49. The van der Waals surface area contributed by atoms with Crippen LogP contribution >= 0.6 is 0 Å². The molecule has 0 N–H and O–H groups in total. The molecule has 0 radical (unpaired) electrons. The second-order valence-electron chi connectivity index (χ2n) is 6.80. The van der Waals surface area contributed by atoms with E-state index in [-0.39, 0.29) is 11.1 Å². The van der Waals surface area contributed by atoms with Crippen LogP contribution in [0.2, 0.25) is 18.1 Å². The summed E-state index contributed by atoms with van der Waals surface area (Å²) < 4.78 is 18.2. The number of ether oxygens (including phenoxy) is 2. The van der Waals surface area contributed by atoms with Gasteiger partial charge in [-0.25, -0.2) is 0 Å². The van der Waals surface area contributed by atoms with Crippen LogP contribution in [-0.4, -0.2) is 33.4 Å². The molecule has 104 valence electrons. The molecule has 2 rings (SSSR count). The Bertz CT molecular complexity index is 324. The predicted octanol–water partition coefficient (Wildman–Crippen LogP) is 3.47. The first-order chi connectivity index (χ1) is 8.27. The molecule has 2 aliphatic heterocycles. The molecule has 2 heterocycles. The lowest BCUT2D eigenvalue weighted by molar-refractivity contribution is -0.245. The van der Waals surface area contributed by atoms with Crippen molar-refractivity contribution in [2.75, 3.05) is 13.2 Å². The molecule has 0 aliphatic carbocycles. The van der Waals surface area contributed by atoms with Gasteiger partial charge in [-0.05, 0) is 24.6 Å². The van der Waals surface area contributed by atoms with Crippen molar-refractivity contribution in [2.24, 2.45) is 0 Å². The molecule has 1 saturated heterocycles. The predicted molar refractivity (Wildman–Crippen MR) is 75.1 cm³/mol. The Labute approximate surface area is 112 Å². The van der Waals surface area contributed by atoms with Crippen molar-refractivity contribution in [3.05, 3.63) is 12.2 Å². The van der Waals surface area contributed by atoms with E-state index >= 15 is 0 Å². The fourth-order valence-electron chi connectivity index (χ4n) is 2.19. The average molecular weight is 270 g/mol. The van der Waals surface area contributed by atoms with Crippen molar-refractivity contribution in [3.63, 3.8) is 0 Å². The summed E-state index contributed by atoms with van der Waals surface area (Å²) in [7, 11) is -1.80. The quantitative estimate of drug-likeness (QED) is 0.568. The lowest BCUT2D eigenvalue weighted by Crippen LogP contribution is -2.54.